The van der Waals surface area contributed by atoms with Crippen molar-refractivity contribution in [3.8, 4) is 11.5 Å². The summed E-state index contributed by atoms with van der Waals surface area (Å²) >= 11 is 0. The number of likely N-dealkylation sites (tertiary alicyclic amines) is 2. The molecule has 4 fully saturated rings. The van der Waals surface area contributed by atoms with Crippen LogP contribution in [0.3, 0.4) is 0 Å². The summed E-state index contributed by atoms with van der Waals surface area (Å²) in [5.41, 5.74) is 4.98. The van der Waals surface area contributed by atoms with Gasteiger partial charge in [0.25, 0.3) is 0 Å². The molecule has 0 bridgehead atoms. The second-order valence-electron chi connectivity index (χ2n) is 20.4. The van der Waals surface area contributed by atoms with Crippen molar-refractivity contribution in [3.05, 3.63) is 144 Å². The molecule has 2 saturated heterocycles. The van der Waals surface area contributed by atoms with Crippen molar-refractivity contribution in [2.45, 2.75) is 100 Å². The summed E-state index contributed by atoms with van der Waals surface area (Å²) in [6.45, 7) is 2.67. The summed E-state index contributed by atoms with van der Waals surface area (Å²) in [7, 11) is 3.17. The highest BCUT2D eigenvalue weighted by Gasteiger charge is 2.44. The number of methoxy groups -OCH3 is 2. The van der Waals surface area contributed by atoms with E-state index in [1.54, 1.807) is 38.6 Å². The molecule has 0 spiro atoms. The van der Waals surface area contributed by atoms with Gasteiger partial charge >= 0.3 is 11.9 Å². The highest BCUT2D eigenvalue weighted by atomic mass is 19.1. The SMILES string of the molecule is COc1ccc2nccc(C(CC[C@@H]3CCN(C4CC(c5ccccc5)C4)C[C@@H]3C(=O)O)OC(=O)[C@H]3CN(C4CC(c5ccccc5)C4)CC[C@H]3CCC(O)c3c(F)cnc4ccc(OC)cc34)c2c1. The zero-order chi connectivity index (χ0) is 48.3. The third-order valence-corrected chi connectivity index (χ3v) is 16.6. The number of pyridine rings is 2. The molecule has 2 aliphatic carbocycles. The number of hydrogen-bond donors (Lipinski definition) is 2. The van der Waals surface area contributed by atoms with Gasteiger partial charge in [-0.2, -0.15) is 0 Å². The van der Waals surface area contributed by atoms with Gasteiger partial charge in [-0.15, -0.1) is 0 Å². The average Bonchev–Trinajstić information content (AvgIpc) is 3.36. The van der Waals surface area contributed by atoms with Gasteiger partial charge in [-0.05, 0) is 155 Å². The van der Waals surface area contributed by atoms with E-state index in [9.17, 15) is 15.0 Å². The quantitative estimate of drug-likeness (QED) is 0.0846. The number of carboxylic acid groups (broad SMARTS) is 1. The number of carboxylic acids is 1. The summed E-state index contributed by atoms with van der Waals surface area (Å²) in [4.78, 5) is 42.0. The van der Waals surface area contributed by atoms with E-state index >= 15 is 9.18 Å². The predicted molar refractivity (Wildman–Crippen MR) is 267 cm³/mol. The first-order valence-electron chi connectivity index (χ1n) is 25.4. The Bertz CT molecular complexity index is 2770. The number of rotatable bonds is 17. The van der Waals surface area contributed by atoms with Gasteiger partial charge in [0, 0.05) is 53.3 Å². The first kappa shape index (κ1) is 47.7. The van der Waals surface area contributed by atoms with Crippen LogP contribution in [0, 0.1) is 29.5 Å². The Morgan fingerprint density at radius 3 is 1.83 bits per heavy atom. The van der Waals surface area contributed by atoms with Crippen LogP contribution in [0.15, 0.2) is 116 Å². The number of benzene rings is 4. The van der Waals surface area contributed by atoms with E-state index in [-0.39, 0.29) is 29.8 Å². The lowest BCUT2D eigenvalue weighted by atomic mass is 9.73. The van der Waals surface area contributed by atoms with Crippen molar-refractivity contribution in [2.24, 2.45) is 23.7 Å². The fourth-order valence-corrected chi connectivity index (χ4v) is 12.3. The fraction of sp³-hybridized carbons (Fsp3) is 0.448. The molecule has 0 amide bonds. The van der Waals surface area contributed by atoms with Gasteiger partial charge in [0.2, 0.25) is 0 Å². The molecule has 6 aromatic rings. The Morgan fingerprint density at radius 2 is 1.24 bits per heavy atom. The van der Waals surface area contributed by atoms with Crippen LogP contribution >= 0.6 is 0 Å². The first-order chi connectivity index (χ1) is 34.1. The van der Waals surface area contributed by atoms with E-state index in [0.717, 1.165) is 74.3 Å². The van der Waals surface area contributed by atoms with Crippen LogP contribution in [0.1, 0.15) is 111 Å². The minimum atomic E-state index is -1.14. The summed E-state index contributed by atoms with van der Waals surface area (Å²) in [6.07, 6.45) is 8.38. The number of nitrogens with zero attached hydrogens (tertiary/aromatic N) is 4. The number of fused-ring (bicyclic) bond motifs is 2. The van der Waals surface area contributed by atoms with Gasteiger partial charge in [-0.25, -0.2) is 4.39 Å². The third kappa shape index (κ3) is 10.1. The number of carbonyl (C=O) groups is 2. The molecular weight excluding hydrogens is 884 g/mol. The lowest BCUT2D eigenvalue weighted by molar-refractivity contribution is -0.161. The van der Waals surface area contributed by atoms with E-state index in [0.29, 0.717) is 78.7 Å². The number of halogens is 1. The van der Waals surface area contributed by atoms with Gasteiger partial charge in [-0.3, -0.25) is 29.4 Å². The van der Waals surface area contributed by atoms with Crippen molar-refractivity contribution < 1.29 is 38.4 Å². The molecular formula is C58H65FN4O7. The maximum Gasteiger partial charge on any atom is 0.311 e. The molecule has 2 aliphatic heterocycles. The molecule has 2 aromatic heterocycles. The molecule has 11 nitrogen and oxygen atoms in total. The maximum absolute atomic E-state index is 15.6. The third-order valence-electron chi connectivity index (χ3n) is 16.6. The monoisotopic (exact) mass is 948 g/mol. The van der Waals surface area contributed by atoms with Crippen molar-refractivity contribution in [1.82, 2.24) is 19.8 Å². The molecule has 4 aliphatic rings. The molecule has 12 heteroatoms. The maximum atomic E-state index is 15.6. The second kappa shape index (κ2) is 21.2. The van der Waals surface area contributed by atoms with Crippen molar-refractivity contribution in [2.75, 3.05) is 40.4 Å². The molecule has 10 rings (SSSR count). The van der Waals surface area contributed by atoms with Crippen molar-refractivity contribution >= 4 is 33.7 Å². The molecule has 70 heavy (non-hydrogen) atoms. The Balaban J connectivity index is 0.894. The number of aromatic nitrogens is 2. The predicted octanol–water partition coefficient (Wildman–Crippen LogP) is 10.7. The van der Waals surface area contributed by atoms with Gasteiger partial charge in [-0.1, -0.05) is 60.7 Å². The Kier molecular flexibility index (Phi) is 14.4. The second-order valence-corrected chi connectivity index (χ2v) is 20.4. The highest BCUT2D eigenvalue weighted by molar-refractivity contribution is 5.85. The molecule has 0 radical (unpaired) electrons. The molecule has 6 atom stereocenters. The van der Waals surface area contributed by atoms with E-state index < -0.39 is 35.8 Å². The summed E-state index contributed by atoms with van der Waals surface area (Å²) in [5.74, 6) is -0.796. The van der Waals surface area contributed by atoms with Crippen LogP contribution in [0.2, 0.25) is 0 Å². The number of aliphatic carboxylic acids is 1. The smallest absolute Gasteiger partial charge is 0.311 e. The Morgan fingerprint density at radius 1 is 0.700 bits per heavy atom. The molecule has 4 heterocycles. The van der Waals surface area contributed by atoms with Crippen LogP contribution in [-0.4, -0.2) is 94.4 Å². The van der Waals surface area contributed by atoms with E-state index in [2.05, 4.69) is 68.3 Å². The average molecular weight is 949 g/mol. The van der Waals surface area contributed by atoms with Gasteiger partial charge in [0.1, 0.15) is 23.4 Å². The van der Waals surface area contributed by atoms with E-state index in [1.165, 1.54) is 11.1 Å². The lowest BCUT2D eigenvalue weighted by Gasteiger charge is -2.48. The van der Waals surface area contributed by atoms with Crippen LogP contribution in [0.4, 0.5) is 4.39 Å². The minimum Gasteiger partial charge on any atom is -0.497 e. The molecule has 2 N–H and O–H groups in total. The number of ether oxygens (including phenoxy) is 3. The van der Waals surface area contributed by atoms with Crippen LogP contribution < -0.4 is 9.47 Å². The van der Waals surface area contributed by atoms with Crippen LogP contribution in [0.5, 0.6) is 11.5 Å². The van der Waals surface area contributed by atoms with E-state index in [4.69, 9.17) is 14.2 Å². The zero-order valence-corrected chi connectivity index (χ0v) is 40.2. The molecule has 4 aromatic carbocycles. The zero-order valence-electron chi connectivity index (χ0n) is 40.2. The Hall–Kier alpha value is -5.95. The number of aliphatic hydroxyl groups is 1. The number of hydrogen-bond acceptors (Lipinski definition) is 10. The minimum absolute atomic E-state index is 0.0946. The van der Waals surface area contributed by atoms with Gasteiger partial charge < -0.3 is 24.4 Å². The summed E-state index contributed by atoms with van der Waals surface area (Å²) in [5, 5.41) is 23.8. The molecule has 2 saturated carbocycles. The molecule has 2 unspecified atom stereocenters. The largest absolute Gasteiger partial charge is 0.497 e. The van der Waals surface area contributed by atoms with Gasteiger partial charge in [0.05, 0.1) is 49.4 Å². The number of esters is 1. The number of aliphatic hydroxyl groups excluding tert-OH is 1. The molecule has 366 valence electrons. The van der Waals surface area contributed by atoms with E-state index in [1.807, 2.05) is 36.4 Å². The van der Waals surface area contributed by atoms with Gasteiger partial charge in [0.15, 0.2) is 0 Å². The summed E-state index contributed by atoms with van der Waals surface area (Å²) < 4.78 is 33.6. The standard InChI is InChI=1S/C58H65FN4O7/c1-68-44-15-17-52-47(31-44)46(21-24-60-52)55(20-14-38-22-25-62(34-49(38)57(65)66)42-27-40(28-42)36-9-5-3-6-10-36)70-58(67)50-35-63(43-29-41(30-43)37-11-7-4-8-12-37)26-23-39(50)13-19-54(64)56-48-32-45(69-2)16-18-53(48)61-33-51(56)59/h3-12,15-18,21,24,31-33,38-43,49-50,54-55,64H,13-14,19-20,22-23,25-30,34-35H2,1-2H3,(H,65,66)/t38-,39-,40?,41?,42?,43?,49+,50+,54?,55?/m1/s1. The van der Waals surface area contributed by atoms with Crippen molar-refractivity contribution in [3.63, 3.8) is 0 Å². The van der Waals surface area contributed by atoms with Crippen LogP contribution in [0.25, 0.3) is 21.8 Å². The fourth-order valence-electron chi connectivity index (χ4n) is 12.3. The summed E-state index contributed by atoms with van der Waals surface area (Å²) in [6, 6.07) is 34.8. The first-order valence-corrected chi connectivity index (χ1v) is 25.4. The topological polar surface area (TPSA) is 135 Å². The highest BCUT2D eigenvalue weighted by Crippen LogP contribution is 2.46. The Labute approximate surface area is 410 Å². The lowest BCUT2D eigenvalue weighted by Crippen LogP contribution is -2.52. The normalized spacial score (nSPS) is 25.9. The number of carbonyl (C=O) groups excluding carboxylic acids is 1. The number of piperidine rings is 2. The van der Waals surface area contributed by atoms with Crippen molar-refractivity contribution in [1.29, 1.82) is 0 Å². The van der Waals surface area contributed by atoms with Crippen LogP contribution in [-0.2, 0) is 14.3 Å².